The van der Waals surface area contributed by atoms with Crippen LogP contribution in [0.25, 0.3) is 0 Å². The van der Waals surface area contributed by atoms with E-state index in [1.807, 2.05) is 0 Å². The molecular formula is C9H15F3N2O. The second-order valence-electron chi connectivity index (χ2n) is 4.07. The summed E-state index contributed by atoms with van der Waals surface area (Å²) in [4.78, 5) is 0. The van der Waals surface area contributed by atoms with Crippen molar-refractivity contribution in [2.45, 2.75) is 32.7 Å². The van der Waals surface area contributed by atoms with E-state index in [1.165, 1.54) is 13.8 Å². The number of hydrogen-bond acceptors (Lipinski definition) is 3. The fourth-order valence-electron chi connectivity index (χ4n) is 0.994. The molecule has 0 saturated carbocycles. The number of halogens is 3. The first-order valence-electron chi connectivity index (χ1n) is 4.69. The maximum atomic E-state index is 12.4. The topological polar surface area (TPSA) is 33.3 Å². The van der Waals surface area contributed by atoms with Gasteiger partial charge < -0.3 is 10.2 Å². The summed E-state index contributed by atoms with van der Waals surface area (Å²) in [5.74, 6) is 0. The summed E-state index contributed by atoms with van der Waals surface area (Å²) in [6.45, 7) is 2.41. The minimum absolute atomic E-state index is 0.0531. The van der Waals surface area contributed by atoms with Gasteiger partial charge in [-0.3, -0.25) is 0 Å². The van der Waals surface area contributed by atoms with Crippen molar-refractivity contribution in [2.75, 3.05) is 6.61 Å². The molecule has 0 aromatic heterocycles. The van der Waals surface area contributed by atoms with Crippen molar-refractivity contribution in [1.29, 1.82) is 0 Å². The minimum Gasteiger partial charge on any atom is -0.358 e. The van der Waals surface area contributed by atoms with Crippen molar-refractivity contribution in [3.63, 3.8) is 0 Å². The Balaban J connectivity index is 2.27. The maximum Gasteiger partial charge on any atom is 0.394 e. The van der Waals surface area contributed by atoms with E-state index in [0.29, 0.717) is 0 Å². The zero-order valence-electron chi connectivity index (χ0n) is 8.69. The van der Waals surface area contributed by atoms with Crippen molar-refractivity contribution in [3.8, 4) is 0 Å². The lowest BCUT2D eigenvalue weighted by Gasteiger charge is -2.27. The molecule has 1 atom stereocenters. The molecule has 0 fully saturated rings. The number of nitrogens with one attached hydrogen (secondary N) is 2. The van der Waals surface area contributed by atoms with E-state index in [4.69, 9.17) is 4.74 Å². The summed E-state index contributed by atoms with van der Waals surface area (Å²) in [6, 6.07) is 0. The molecule has 1 rings (SSSR count). The Morgan fingerprint density at radius 1 is 1.33 bits per heavy atom. The number of ether oxygens (including phenoxy) is 1. The van der Waals surface area contributed by atoms with Gasteiger partial charge in [0.05, 0.1) is 5.41 Å². The first-order chi connectivity index (χ1) is 6.83. The molecular weight excluding hydrogens is 209 g/mol. The summed E-state index contributed by atoms with van der Waals surface area (Å²) >= 11 is 0. The highest BCUT2D eigenvalue weighted by molar-refractivity contribution is 4.91. The van der Waals surface area contributed by atoms with Crippen molar-refractivity contribution in [2.24, 2.45) is 5.41 Å². The molecule has 15 heavy (non-hydrogen) atoms. The molecule has 0 saturated heterocycles. The van der Waals surface area contributed by atoms with Crippen LogP contribution in [-0.4, -0.2) is 19.0 Å². The van der Waals surface area contributed by atoms with Crippen LogP contribution in [0.3, 0.4) is 0 Å². The number of hydrazine groups is 1. The van der Waals surface area contributed by atoms with Gasteiger partial charge in [-0.1, -0.05) is 13.8 Å². The normalized spacial score (nSPS) is 21.8. The lowest BCUT2D eigenvalue weighted by molar-refractivity contribution is -0.217. The van der Waals surface area contributed by atoms with Crippen LogP contribution in [0.1, 0.15) is 20.3 Å². The SMILES string of the molecule is CC(C)(CCOC1C=CNN1)C(F)(F)F. The average Bonchev–Trinajstić information content (AvgIpc) is 2.54. The second kappa shape index (κ2) is 4.40. The Morgan fingerprint density at radius 3 is 2.47 bits per heavy atom. The molecule has 0 aromatic rings. The van der Waals surface area contributed by atoms with E-state index in [0.717, 1.165) is 0 Å². The molecule has 0 amide bonds. The van der Waals surface area contributed by atoms with Crippen molar-refractivity contribution in [1.82, 2.24) is 10.9 Å². The Morgan fingerprint density at radius 2 is 2.00 bits per heavy atom. The maximum absolute atomic E-state index is 12.4. The van der Waals surface area contributed by atoms with Gasteiger partial charge in [0.1, 0.15) is 6.23 Å². The lowest BCUT2D eigenvalue weighted by atomic mass is 9.89. The Kier molecular flexibility index (Phi) is 3.62. The third-order valence-corrected chi connectivity index (χ3v) is 2.37. The number of rotatable bonds is 4. The standard InChI is InChI=1S/C9H15F3N2O/c1-8(2,9(10,11)12)4-6-15-7-3-5-13-14-7/h3,5,7,13-14H,4,6H2,1-2H3. The fraction of sp³-hybridized carbons (Fsp3) is 0.778. The van der Waals surface area contributed by atoms with E-state index < -0.39 is 11.6 Å². The Labute approximate surface area is 86.6 Å². The molecule has 6 heteroatoms. The summed E-state index contributed by atoms with van der Waals surface area (Å²) < 4.78 is 42.5. The van der Waals surface area contributed by atoms with Gasteiger partial charge in [-0.15, -0.1) is 0 Å². The van der Waals surface area contributed by atoms with Crippen LogP contribution in [0.15, 0.2) is 12.3 Å². The van der Waals surface area contributed by atoms with Crippen LogP contribution >= 0.6 is 0 Å². The van der Waals surface area contributed by atoms with E-state index in [-0.39, 0.29) is 19.3 Å². The number of alkyl halides is 3. The van der Waals surface area contributed by atoms with E-state index in [1.54, 1.807) is 12.3 Å². The quantitative estimate of drug-likeness (QED) is 0.765. The van der Waals surface area contributed by atoms with Crippen LogP contribution in [0.4, 0.5) is 13.2 Å². The van der Waals surface area contributed by atoms with Gasteiger partial charge in [0.2, 0.25) is 0 Å². The smallest absolute Gasteiger partial charge is 0.358 e. The van der Waals surface area contributed by atoms with Crippen LogP contribution in [0.5, 0.6) is 0 Å². The third kappa shape index (κ3) is 3.39. The van der Waals surface area contributed by atoms with Crippen molar-refractivity contribution in [3.05, 3.63) is 12.3 Å². The van der Waals surface area contributed by atoms with Gasteiger partial charge in [-0.05, 0) is 12.5 Å². The second-order valence-corrected chi connectivity index (χ2v) is 4.07. The van der Waals surface area contributed by atoms with Gasteiger partial charge in [-0.2, -0.15) is 13.2 Å². The highest BCUT2D eigenvalue weighted by Gasteiger charge is 2.46. The van der Waals surface area contributed by atoms with E-state index in [2.05, 4.69) is 10.9 Å². The summed E-state index contributed by atoms with van der Waals surface area (Å²) in [5.41, 5.74) is 3.68. The largest absolute Gasteiger partial charge is 0.394 e. The first kappa shape index (κ1) is 12.3. The van der Waals surface area contributed by atoms with E-state index in [9.17, 15) is 13.2 Å². The van der Waals surface area contributed by atoms with Crippen LogP contribution < -0.4 is 10.9 Å². The zero-order chi connectivity index (χ0) is 11.5. The monoisotopic (exact) mass is 224 g/mol. The zero-order valence-corrected chi connectivity index (χ0v) is 8.69. The Hall–Kier alpha value is -0.750. The minimum atomic E-state index is -4.19. The molecule has 0 spiro atoms. The molecule has 1 heterocycles. The van der Waals surface area contributed by atoms with Gasteiger partial charge in [0, 0.05) is 12.8 Å². The predicted octanol–water partition coefficient (Wildman–Crippen LogP) is 1.93. The average molecular weight is 224 g/mol. The molecule has 0 aliphatic carbocycles. The summed E-state index contributed by atoms with van der Waals surface area (Å²) in [5, 5.41) is 0. The van der Waals surface area contributed by atoms with Gasteiger partial charge in [0.25, 0.3) is 0 Å². The highest BCUT2D eigenvalue weighted by atomic mass is 19.4. The summed E-state index contributed by atoms with van der Waals surface area (Å²) in [7, 11) is 0. The summed E-state index contributed by atoms with van der Waals surface area (Å²) in [6.07, 6.45) is -1.25. The van der Waals surface area contributed by atoms with Gasteiger partial charge >= 0.3 is 6.18 Å². The predicted molar refractivity (Wildman–Crippen MR) is 49.6 cm³/mol. The van der Waals surface area contributed by atoms with Crippen LogP contribution in [0.2, 0.25) is 0 Å². The van der Waals surface area contributed by atoms with Crippen molar-refractivity contribution < 1.29 is 17.9 Å². The highest BCUT2D eigenvalue weighted by Crippen LogP contribution is 2.40. The van der Waals surface area contributed by atoms with Crippen LogP contribution in [-0.2, 0) is 4.74 Å². The lowest BCUT2D eigenvalue weighted by Crippen LogP contribution is -2.36. The Bertz CT molecular complexity index is 238. The van der Waals surface area contributed by atoms with Gasteiger partial charge in [0.15, 0.2) is 0 Å². The number of hydrogen-bond donors (Lipinski definition) is 2. The molecule has 1 unspecified atom stereocenters. The fourth-order valence-corrected chi connectivity index (χ4v) is 0.994. The molecule has 0 radical (unpaired) electrons. The molecule has 0 bridgehead atoms. The van der Waals surface area contributed by atoms with Gasteiger partial charge in [-0.25, -0.2) is 5.43 Å². The molecule has 1 aliphatic rings. The first-order valence-corrected chi connectivity index (χ1v) is 4.69. The van der Waals surface area contributed by atoms with Crippen molar-refractivity contribution >= 4 is 0 Å². The molecule has 0 aromatic carbocycles. The van der Waals surface area contributed by atoms with Crippen LogP contribution in [0, 0.1) is 5.41 Å². The third-order valence-electron chi connectivity index (χ3n) is 2.37. The van der Waals surface area contributed by atoms with E-state index >= 15 is 0 Å². The molecule has 88 valence electrons. The molecule has 3 nitrogen and oxygen atoms in total. The molecule has 1 aliphatic heterocycles. The molecule has 2 N–H and O–H groups in total.